The Balaban J connectivity index is 2.30. The van der Waals surface area contributed by atoms with Gasteiger partial charge in [0.15, 0.2) is 0 Å². The van der Waals surface area contributed by atoms with Gasteiger partial charge in [0.25, 0.3) is 0 Å². The Morgan fingerprint density at radius 2 is 2.06 bits per heavy atom. The van der Waals surface area contributed by atoms with Crippen LogP contribution in [0.25, 0.3) is 0 Å². The Hall–Kier alpha value is -0.570. The quantitative estimate of drug-likeness (QED) is 0.774. The van der Waals surface area contributed by atoms with Crippen LogP contribution in [0.3, 0.4) is 0 Å². The zero-order chi connectivity index (χ0) is 12.8. The van der Waals surface area contributed by atoms with Crippen molar-refractivity contribution in [2.75, 3.05) is 6.54 Å². The Kier molecular flexibility index (Phi) is 5.96. The Bertz CT molecular complexity index is 240. The summed E-state index contributed by atoms with van der Waals surface area (Å²) < 4.78 is 0. The van der Waals surface area contributed by atoms with Crippen LogP contribution < -0.4 is 11.1 Å². The molecule has 3 atom stereocenters. The van der Waals surface area contributed by atoms with Crippen LogP contribution in [0.4, 0.5) is 0 Å². The molecule has 3 N–H and O–H groups in total. The molecule has 0 radical (unpaired) electrons. The van der Waals surface area contributed by atoms with Crippen molar-refractivity contribution in [2.24, 2.45) is 23.5 Å². The number of amides is 1. The highest BCUT2D eigenvalue weighted by Gasteiger charge is 2.28. The van der Waals surface area contributed by atoms with Crippen molar-refractivity contribution in [1.29, 1.82) is 0 Å². The number of hydrogen-bond donors (Lipinski definition) is 2. The zero-order valence-corrected chi connectivity index (χ0v) is 11.5. The third-order valence-corrected chi connectivity index (χ3v) is 3.90. The summed E-state index contributed by atoms with van der Waals surface area (Å²) in [6, 6.07) is 0.305. The van der Waals surface area contributed by atoms with Crippen molar-refractivity contribution in [3.05, 3.63) is 0 Å². The second-order valence-corrected chi connectivity index (χ2v) is 5.95. The molecule has 0 heterocycles. The van der Waals surface area contributed by atoms with Crippen LogP contribution in [0.5, 0.6) is 0 Å². The fraction of sp³-hybridized carbons (Fsp3) is 0.929. The second-order valence-electron chi connectivity index (χ2n) is 5.95. The number of hydrogen-bond acceptors (Lipinski definition) is 2. The normalized spacial score (nSPS) is 26.9. The van der Waals surface area contributed by atoms with Gasteiger partial charge < -0.3 is 11.1 Å². The predicted molar refractivity (Wildman–Crippen MR) is 71.6 cm³/mol. The molecular weight excluding hydrogens is 212 g/mol. The average molecular weight is 240 g/mol. The zero-order valence-electron chi connectivity index (χ0n) is 11.5. The van der Waals surface area contributed by atoms with E-state index in [1.54, 1.807) is 0 Å². The van der Waals surface area contributed by atoms with E-state index >= 15 is 0 Å². The largest absolute Gasteiger partial charge is 0.356 e. The summed E-state index contributed by atoms with van der Waals surface area (Å²) in [5.74, 6) is 1.46. The maximum atomic E-state index is 12.0. The summed E-state index contributed by atoms with van der Waals surface area (Å²) in [6.07, 6.45) is 5.53. The van der Waals surface area contributed by atoms with E-state index in [4.69, 9.17) is 5.73 Å². The monoisotopic (exact) mass is 240 g/mol. The van der Waals surface area contributed by atoms with Crippen LogP contribution >= 0.6 is 0 Å². The first-order valence-electron chi connectivity index (χ1n) is 7.04. The minimum absolute atomic E-state index is 0.119. The molecule has 0 aromatic rings. The smallest absolute Gasteiger partial charge is 0.223 e. The molecule has 3 nitrogen and oxygen atoms in total. The minimum Gasteiger partial charge on any atom is -0.356 e. The molecule has 0 aromatic carbocycles. The van der Waals surface area contributed by atoms with Crippen LogP contribution in [-0.4, -0.2) is 18.5 Å². The molecule has 17 heavy (non-hydrogen) atoms. The number of nitrogens with two attached hydrogens (primary N) is 1. The fourth-order valence-electron chi connectivity index (χ4n) is 2.58. The molecule has 0 aromatic heterocycles. The summed E-state index contributed by atoms with van der Waals surface area (Å²) in [4.78, 5) is 12.0. The lowest BCUT2D eigenvalue weighted by molar-refractivity contribution is -0.126. The highest BCUT2D eigenvalue weighted by molar-refractivity contribution is 5.78. The Morgan fingerprint density at radius 3 is 2.65 bits per heavy atom. The maximum Gasteiger partial charge on any atom is 0.223 e. The van der Waals surface area contributed by atoms with Gasteiger partial charge in [-0.1, -0.05) is 27.2 Å². The van der Waals surface area contributed by atoms with E-state index in [0.717, 1.165) is 32.2 Å². The van der Waals surface area contributed by atoms with Crippen molar-refractivity contribution in [2.45, 2.75) is 58.9 Å². The van der Waals surface area contributed by atoms with Crippen molar-refractivity contribution < 1.29 is 4.79 Å². The van der Waals surface area contributed by atoms with Crippen molar-refractivity contribution in [3.8, 4) is 0 Å². The van der Waals surface area contributed by atoms with Gasteiger partial charge in [0, 0.05) is 18.5 Å². The number of carbonyl (C=O) groups is 1. The van der Waals surface area contributed by atoms with E-state index in [2.05, 4.69) is 19.2 Å². The van der Waals surface area contributed by atoms with Gasteiger partial charge >= 0.3 is 0 Å². The lowest BCUT2D eigenvalue weighted by Crippen LogP contribution is -2.38. The van der Waals surface area contributed by atoms with E-state index < -0.39 is 0 Å². The third kappa shape index (κ3) is 5.07. The lowest BCUT2D eigenvalue weighted by atomic mass is 9.78. The first kappa shape index (κ1) is 14.5. The molecular formula is C14H28N2O. The SMILES string of the molecule is CC(C)CCNC(=O)C(C)C1CCCC(N)C1. The molecule has 0 bridgehead atoms. The summed E-state index contributed by atoms with van der Waals surface area (Å²) >= 11 is 0. The standard InChI is InChI=1S/C14H28N2O/c1-10(2)7-8-16-14(17)11(3)12-5-4-6-13(15)9-12/h10-13H,4-9,15H2,1-3H3,(H,16,17). The molecule has 3 unspecified atom stereocenters. The number of carbonyl (C=O) groups excluding carboxylic acids is 1. The van der Waals surface area contributed by atoms with Gasteiger partial charge in [-0.05, 0) is 37.5 Å². The summed E-state index contributed by atoms with van der Waals surface area (Å²) in [6.45, 7) is 7.21. The minimum atomic E-state index is 0.119. The highest BCUT2D eigenvalue weighted by atomic mass is 16.1. The van der Waals surface area contributed by atoms with Gasteiger partial charge in [0.1, 0.15) is 0 Å². The number of nitrogens with one attached hydrogen (secondary N) is 1. The molecule has 3 heteroatoms. The predicted octanol–water partition coefficient (Wildman–Crippen LogP) is 2.30. The first-order valence-corrected chi connectivity index (χ1v) is 7.04. The van der Waals surface area contributed by atoms with E-state index in [1.807, 2.05) is 6.92 Å². The van der Waals surface area contributed by atoms with Crippen LogP contribution in [0.2, 0.25) is 0 Å². The van der Waals surface area contributed by atoms with E-state index in [1.165, 1.54) is 6.42 Å². The Labute approximate surface area is 106 Å². The van der Waals surface area contributed by atoms with Gasteiger partial charge in [-0.2, -0.15) is 0 Å². The summed E-state index contributed by atoms with van der Waals surface area (Å²) in [5, 5.41) is 3.05. The molecule has 0 aliphatic heterocycles. The van der Waals surface area contributed by atoms with Crippen LogP contribution in [0.1, 0.15) is 52.9 Å². The first-order chi connectivity index (χ1) is 8.00. The van der Waals surface area contributed by atoms with E-state index in [0.29, 0.717) is 17.9 Å². The van der Waals surface area contributed by atoms with Crippen molar-refractivity contribution in [1.82, 2.24) is 5.32 Å². The third-order valence-electron chi connectivity index (χ3n) is 3.90. The van der Waals surface area contributed by atoms with Gasteiger partial charge in [-0.3, -0.25) is 4.79 Å². The van der Waals surface area contributed by atoms with E-state index in [-0.39, 0.29) is 11.8 Å². The molecule has 0 spiro atoms. The topological polar surface area (TPSA) is 55.1 Å². The maximum absolute atomic E-state index is 12.0. The molecule has 1 aliphatic rings. The van der Waals surface area contributed by atoms with Crippen LogP contribution in [-0.2, 0) is 4.79 Å². The second kappa shape index (κ2) is 7.00. The van der Waals surface area contributed by atoms with Gasteiger partial charge in [-0.25, -0.2) is 0 Å². The highest BCUT2D eigenvalue weighted by Crippen LogP contribution is 2.29. The summed E-state index contributed by atoms with van der Waals surface area (Å²) in [7, 11) is 0. The average Bonchev–Trinajstić information content (AvgIpc) is 2.27. The number of rotatable bonds is 5. The van der Waals surface area contributed by atoms with Crippen molar-refractivity contribution in [3.63, 3.8) is 0 Å². The van der Waals surface area contributed by atoms with Gasteiger partial charge in [-0.15, -0.1) is 0 Å². The fourth-order valence-corrected chi connectivity index (χ4v) is 2.58. The van der Waals surface area contributed by atoms with E-state index in [9.17, 15) is 4.79 Å². The molecule has 1 amide bonds. The molecule has 1 rings (SSSR count). The molecule has 1 aliphatic carbocycles. The van der Waals surface area contributed by atoms with Gasteiger partial charge in [0.05, 0.1) is 0 Å². The molecule has 1 fully saturated rings. The van der Waals surface area contributed by atoms with Gasteiger partial charge in [0.2, 0.25) is 5.91 Å². The molecule has 100 valence electrons. The van der Waals surface area contributed by atoms with Crippen LogP contribution in [0.15, 0.2) is 0 Å². The lowest BCUT2D eigenvalue weighted by Gasteiger charge is -2.30. The molecule has 0 saturated heterocycles. The Morgan fingerprint density at radius 1 is 1.35 bits per heavy atom. The summed E-state index contributed by atoms with van der Waals surface area (Å²) in [5.41, 5.74) is 5.97. The van der Waals surface area contributed by atoms with Crippen molar-refractivity contribution >= 4 is 5.91 Å². The molecule has 1 saturated carbocycles. The van der Waals surface area contributed by atoms with Crippen LogP contribution in [0, 0.1) is 17.8 Å².